The van der Waals surface area contributed by atoms with Crippen LogP contribution in [0.5, 0.6) is 0 Å². The van der Waals surface area contributed by atoms with Gasteiger partial charge in [-0.3, -0.25) is 9.59 Å². The fourth-order valence-electron chi connectivity index (χ4n) is 2.33. The molecule has 22 heavy (non-hydrogen) atoms. The van der Waals surface area contributed by atoms with Crippen molar-refractivity contribution in [2.45, 2.75) is 13.0 Å². The monoisotopic (exact) mass is 315 g/mol. The number of halogens is 1. The Labute approximate surface area is 131 Å². The van der Waals surface area contributed by atoms with Gasteiger partial charge in [-0.25, -0.2) is 9.97 Å². The molecule has 2 amide bonds. The fraction of sp³-hybridized carbons (Fsp3) is 0.200. The van der Waals surface area contributed by atoms with E-state index in [0.29, 0.717) is 35.8 Å². The van der Waals surface area contributed by atoms with E-state index >= 15 is 0 Å². The van der Waals surface area contributed by atoms with E-state index in [1.807, 2.05) is 0 Å². The molecule has 1 radical (unpaired) electrons. The largest absolute Gasteiger partial charge is 0.363 e. The summed E-state index contributed by atoms with van der Waals surface area (Å²) in [7, 11) is 0. The van der Waals surface area contributed by atoms with E-state index in [1.54, 1.807) is 29.2 Å². The van der Waals surface area contributed by atoms with Gasteiger partial charge in [0.1, 0.15) is 0 Å². The van der Waals surface area contributed by atoms with E-state index < -0.39 is 5.91 Å². The zero-order valence-electron chi connectivity index (χ0n) is 11.5. The van der Waals surface area contributed by atoms with Gasteiger partial charge >= 0.3 is 0 Å². The molecule has 0 spiro atoms. The molecule has 2 heterocycles. The maximum absolute atomic E-state index is 12.5. The number of rotatable bonds is 2. The molecule has 2 aromatic rings. The van der Waals surface area contributed by atoms with E-state index in [2.05, 4.69) is 16.2 Å². The number of fused-ring (bicyclic) bond motifs is 1. The quantitative estimate of drug-likeness (QED) is 0.902. The second-order valence-corrected chi connectivity index (χ2v) is 5.37. The number of nitrogens with zero attached hydrogens (tertiary/aromatic N) is 3. The zero-order chi connectivity index (χ0) is 15.7. The molecular formula is C15H12ClN4O2. The highest BCUT2D eigenvalue weighted by Gasteiger charge is 2.24. The van der Waals surface area contributed by atoms with Crippen molar-refractivity contribution >= 4 is 23.4 Å². The lowest BCUT2D eigenvalue weighted by Crippen LogP contribution is -2.37. The van der Waals surface area contributed by atoms with Gasteiger partial charge in [0, 0.05) is 22.7 Å². The summed E-state index contributed by atoms with van der Waals surface area (Å²) in [5.74, 6) is -0.930. The molecule has 3 rings (SSSR count). The van der Waals surface area contributed by atoms with Gasteiger partial charge in [0.2, 0.25) is 5.82 Å². The molecule has 2 N–H and O–H groups in total. The highest BCUT2D eigenvalue weighted by molar-refractivity contribution is 6.30. The molecule has 0 saturated carbocycles. The topological polar surface area (TPSA) is 89.2 Å². The predicted octanol–water partition coefficient (Wildman–Crippen LogP) is 1.23. The minimum absolute atomic E-state index is 0.0872. The Morgan fingerprint density at radius 3 is 2.91 bits per heavy atom. The van der Waals surface area contributed by atoms with E-state index in [1.165, 1.54) is 0 Å². The van der Waals surface area contributed by atoms with E-state index in [9.17, 15) is 9.59 Å². The van der Waals surface area contributed by atoms with Gasteiger partial charge in [-0.2, -0.15) is 0 Å². The summed E-state index contributed by atoms with van der Waals surface area (Å²) in [6.45, 7) is 0.827. The Kier molecular flexibility index (Phi) is 3.77. The van der Waals surface area contributed by atoms with Gasteiger partial charge in [0.25, 0.3) is 11.8 Å². The molecule has 1 aliphatic heterocycles. The lowest BCUT2D eigenvalue weighted by molar-refractivity contribution is 0.0731. The van der Waals surface area contributed by atoms with Crippen LogP contribution in [0.4, 0.5) is 0 Å². The number of primary amides is 1. The molecule has 0 aliphatic carbocycles. The number of hydrogen-bond acceptors (Lipinski definition) is 4. The Morgan fingerprint density at radius 2 is 2.18 bits per heavy atom. The van der Waals surface area contributed by atoms with Gasteiger partial charge in [-0.1, -0.05) is 17.7 Å². The van der Waals surface area contributed by atoms with Gasteiger partial charge in [0.05, 0.1) is 18.4 Å². The third kappa shape index (κ3) is 2.78. The van der Waals surface area contributed by atoms with Gasteiger partial charge in [-0.05, 0) is 24.6 Å². The van der Waals surface area contributed by atoms with Gasteiger partial charge in [-0.15, -0.1) is 0 Å². The SMILES string of the molecule is NC(=O)c1n[c]c2c(n1)CN(C(=O)c1cccc(Cl)c1)CC2. The summed E-state index contributed by atoms with van der Waals surface area (Å²) in [5, 5.41) is 0.509. The first-order valence-corrected chi connectivity index (χ1v) is 7.04. The Bertz CT molecular complexity index is 763. The first-order chi connectivity index (χ1) is 10.5. The van der Waals surface area contributed by atoms with Crippen molar-refractivity contribution in [2.75, 3.05) is 6.54 Å². The lowest BCUT2D eigenvalue weighted by Gasteiger charge is -2.28. The number of carbonyl (C=O) groups excluding carboxylic acids is 2. The molecule has 1 aromatic heterocycles. The molecule has 6 nitrogen and oxygen atoms in total. The number of nitrogens with two attached hydrogens (primary N) is 1. The number of amides is 2. The van der Waals surface area contributed by atoms with Gasteiger partial charge < -0.3 is 10.6 Å². The third-order valence-corrected chi connectivity index (χ3v) is 3.67. The first kappa shape index (κ1) is 14.5. The molecule has 0 fully saturated rings. The predicted molar refractivity (Wildman–Crippen MR) is 79.3 cm³/mol. The maximum atomic E-state index is 12.5. The summed E-state index contributed by atoms with van der Waals surface area (Å²) < 4.78 is 0. The Hall–Kier alpha value is -2.47. The fourth-order valence-corrected chi connectivity index (χ4v) is 2.52. The molecule has 7 heteroatoms. The summed E-state index contributed by atoms with van der Waals surface area (Å²) in [6.07, 6.45) is 3.36. The Morgan fingerprint density at radius 1 is 1.36 bits per heavy atom. The summed E-state index contributed by atoms with van der Waals surface area (Å²) in [4.78, 5) is 33.2. The minimum Gasteiger partial charge on any atom is -0.363 e. The normalized spacial score (nSPS) is 13.6. The highest BCUT2D eigenvalue weighted by Crippen LogP contribution is 2.19. The molecule has 0 bridgehead atoms. The second-order valence-electron chi connectivity index (χ2n) is 4.94. The smallest absolute Gasteiger partial charge is 0.286 e. The van der Waals surface area contributed by atoms with Crippen LogP contribution in [-0.4, -0.2) is 33.2 Å². The van der Waals surface area contributed by atoms with E-state index in [-0.39, 0.29) is 11.7 Å². The summed E-state index contributed by atoms with van der Waals surface area (Å²) in [6, 6.07) is 6.78. The van der Waals surface area contributed by atoms with Crippen LogP contribution in [0.15, 0.2) is 24.3 Å². The summed E-state index contributed by atoms with van der Waals surface area (Å²) >= 11 is 5.92. The van der Waals surface area contributed by atoms with Crippen LogP contribution in [0.3, 0.4) is 0 Å². The van der Waals surface area contributed by atoms with E-state index in [0.717, 1.165) is 5.56 Å². The molecular weight excluding hydrogens is 304 g/mol. The molecule has 0 saturated heterocycles. The first-order valence-electron chi connectivity index (χ1n) is 6.66. The molecule has 1 aromatic carbocycles. The summed E-state index contributed by atoms with van der Waals surface area (Å²) in [5.41, 5.74) is 7.10. The van der Waals surface area contributed by atoms with E-state index in [4.69, 9.17) is 17.3 Å². The number of benzene rings is 1. The number of aromatic nitrogens is 2. The lowest BCUT2D eigenvalue weighted by atomic mass is 10.1. The van der Waals surface area contributed by atoms with Crippen molar-refractivity contribution in [3.63, 3.8) is 0 Å². The van der Waals surface area contributed by atoms with Crippen molar-refractivity contribution in [1.82, 2.24) is 14.9 Å². The zero-order valence-corrected chi connectivity index (χ0v) is 12.3. The molecule has 0 unspecified atom stereocenters. The van der Waals surface area contributed by atoms with Crippen molar-refractivity contribution < 1.29 is 9.59 Å². The van der Waals surface area contributed by atoms with Crippen molar-refractivity contribution in [3.05, 3.63) is 58.1 Å². The van der Waals surface area contributed by atoms with Crippen LogP contribution in [-0.2, 0) is 13.0 Å². The van der Waals surface area contributed by atoms with Gasteiger partial charge in [0.15, 0.2) is 0 Å². The van der Waals surface area contributed by atoms with Crippen LogP contribution in [0, 0.1) is 6.20 Å². The maximum Gasteiger partial charge on any atom is 0.286 e. The number of carbonyl (C=O) groups is 2. The standard InChI is InChI=1S/C15H12ClN4O2/c16-11-3-1-2-9(6-11)15(22)20-5-4-10-7-18-14(13(17)21)19-12(10)8-20/h1-3,6H,4-5,8H2,(H2,17,21). The highest BCUT2D eigenvalue weighted by atomic mass is 35.5. The molecule has 0 atom stereocenters. The van der Waals surface area contributed by atoms with Crippen LogP contribution in [0.2, 0.25) is 5.02 Å². The number of hydrogen-bond donors (Lipinski definition) is 1. The van der Waals surface area contributed by atoms with Crippen molar-refractivity contribution in [3.8, 4) is 0 Å². The van der Waals surface area contributed by atoms with Crippen molar-refractivity contribution in [1.29, 1.82) is 0 Å². The third-order valence-electron chi connectivity index (χ3n) is 3.44. The van der Waals surface area contributed by atoms with Crippen LogP contribution >= 0.6 is 11.6 Å². The Balaban J connectivity index is 1.85. The minimum atomic E-state index is -0.711. The van der Waals surface area contributed by atoms with Crippen LogP contribution in [0.1, 0.15) is 32.2 Å². The van der Waals surface area contributed by atoms with Crippen molar-refractivity contribution in [2.24, 2.45) is 5.73 Å². The second kappa shape index (κ2) is 5.73. The molecule has 1 aliphatic rings. The molecule has 111 valence electrons. The van der Waals surface area contributed by atoms with Crippen LogP contribution in [0.25, 0.3) is 0 Å². The van der Waals surface area contributed by atoms with Crippen LogP contribution < -0.4 is 5.73 Å². The average Bonchev–Trinajstić information content (AvgIpc) is 2.53. The average molecular weight is 316 g/mol.